The molecule has 1 aromatic carbocycles. The molecule has 0 unspecified atom stereocenters. The minimum atomic E-state index is -3.65. The molecule has 1 N–H and O–H groups in total. The number of sulfonamides is 1. The maximum atomic E-state index is 11.9. The molecule has 0 radical (unpaired) electrons. The summed E-state index contributed by atoms with van der Waals surface area (Å²) in [5.41, 5.74) is 0.773. The zero-order valence-corrected chi connectivity index (χ0v) is 10.0. The summed E-state index contributed by atoms with van der Waals surface area (Å²) in [6.07, 6.45) is 1.36. The lowest BCUT2D eigenvalue weighted by molar-refractivity contribution is 0.411. The van der Waals surface area contributed by atoms with Gasteiger partial charge in [-0.1, -0.05) is 11.2 Å². The van der Waals surface area contributed by atoms with E-state index in [-0.39, 0.29) is 11.4 Å². The SMILES string of the molecule is N#Cc1cccc(S(=O)(=O)NCc2ccon2)c1. The quantitative estimate of drug-likeness (QED) is 0.888. The van der Waals surface area contributed by atoms with Gasteiger partial charge in [-0.05, 0) is 18.2 Å². The Balaban J connectivity index is 2.18. The normalized spacial score (nSPS) is 11.1. The van der Waals surface area contributed by atoms with Crippen LogP contribution in [0.4, 0.5) is 0 Å². The number of aromatic nitrogens is 1. The molecule has 0 aliphatic carbocycles. The van der Waals surface area contributed by atoms with Crippen LogP contribution in [0.1, 0.15) is 11.3 Å². The second kappa shape index (κ2) is 5.00. The molecular weight excluding hydrogens is 254 g/mol. The molecule has 92 valence electrons. The summed E-state index contributed by atoms with van der Waals surface area (Å²) >= 11 is 0. The van der Waals surface area contributed by atoms with Crippen molar-refractivity contribution in [1.29, 1.82) is 5.26 Å². The monoisotopic (exact) mass is 263 g/mol. The fraction of sp³-hybridized carbons (Fsp3) is 0.0909. The molecule has 2 rings (SSSR count). The summed E-state index contributed by atoms with van der Waals surface area (Å²) in [7, 11) is -3.65. The van der Waals surface area contributed by atoms with Crippen LogP contribution in [0.25, 0.3) is 0 Å². The van der Waals surface area contributed by atoms with E-state index in [1.54, 1.807) is 6.07 Å². The fourth-order valence-corrected chi connectivity index (χ4v) is 2.36. The molecule has 0 saturated heterocycles. The Hall–Kier alpha value is -2.17. The summed E-state index contributed by atoms with van der Waals surface area (Å²) in [5.74, 6) is 0. The molecule has 0 aliphatic heterocycles. The lowest BCUT2D eigenvalue weighted by atomic mass is 10.2. The van der Waals surface area contributed by atoms with Crippen LogP contribution >= 0.6 is 0 Å². The van der Waals surface area contributed by atoms with Crippen LogP contribution in [0, 0.1) is 11.3 Å². The highest BCUT2D eigenvalue weighted by Gasteiger charge is 2.14. The van der Waals surface area contributed by atoms with Crippen molar-refractivity contribution in [2.45, 2.75) is 11.4 Å². The van der Waals surface area contributed by atoms with Gasteiger partial charge in [-0.15, -0.1) is 0 Å². The van der Waals surface area contributed by atoms with Gasteiger partial charge in [-0.2, -0.15) is 5.26 Å². The Morgan fingerprint density at radius 1 is 1.39 bits per heavy atom. The van der Waals surface area contributed by atoms with Crippen molar-refractivity contribution in [3.8, 4) is 6.07 Å². The summed E-state index contributed by atoms with van der Waals surface area (Å²) in [4.78, 5) is 0.0463. The van der Waals surface area contributed by atoms with Crippen molar-refractivity contribution in [2.75, 3.05) is 0 Å². The maximum Gasteiger partial charge on any atom is 0.240 e. The average molecular weight is 263 g/mol. The molecule has 1 heterocycles. The van der Waals surface area contributed by atoms with E-state index >= 15 is 0 Å². The molecule has 6 nitrogen and oxygen atoms in total. The van der Waals surface area contributed by atoms with Crippen LogP contribution < -0.4 is 4.72 Å². The molecule has 2 aromatic rings. The van der Waals surface area contributed by atoms with Crippen molar-refractivity contribution in [3.63, 3.8) is 0 Å². The number of benzene rings is 1. The van der Waals surface area contributed by atoms with E-state index in [1.807, 2.05) is 6.07 Å². The number of nitriles is 1. The Kier molecular flexibility index (Phi) is 3.41. The van der Waals surface area contributed by atoms with E-state index in [4.69, 9.17) is 5.26 Å². The van der Waals surface area contributed by atoms with Crippen molar-refractivity contribution < 1.29 is 12.9 Å². The van der Waals surface area contributed by atoms with Crippen molar-refractivity contribution in [2.24, 2.45) is 0 Å². The molecule has 7 heteroatoms. The van der Waals surface area contributed by atoms with Crippen LogP contribution in [0.15, 0.2) is 46.0 Å². The van der Waals surface area contributed by atoms with Gasteiger partial charge in [-0.25, -0.2) is 13.1 Å². The number of nitrogens with zero attached hydrogens (tertiary/aromatic N) is 2. The van der Waals surface area contributed by atoms with E-state index in [2.05, 4.69) is 14.4 Å². The highest BCUT2D eigenvalue weighted by Crippen LogP contribution is 2.11. The van der Waals surface area contributed by atoms with Crippen molar-refractivity contribution >= 4 is 10.0 Å². The summed E-state index contributed by atoms with van der Waals surface area (Å²) in [6, 6.07) is 9.24. The van der Waals surface area contributed by atoms with Gasteiger partial charge < -0.3 is 4.52 Å². The van der Waals surface area contributed by atoms with Gasteiger partial charge in [0, 0.05) is 6.07 Å². The Morgan fingerprint density at radius 3 is 2.89 bits per heavy atom. The summed E-state index contributed by atoms with van der Waals surface area (Å²) in [6.45, 7) is 0.0373. The van der Waals surface area contributed by atoms with Crippen LogP contribution in [0.2, 0.25) is 0 Å². The molecule has 0 saturated carbocycles. The average Bonchev–Trinajstić information content (AvgIpc) is 2.90. The number of nitrogens with one attached hydrogen (secondary N) is 1. The van der Waals surface area contributed by atoms with Gasteiger partial charge in [-0.3, -0.25) is 0 Å². The first kappa shape index (κ1) is 12.3. The van der Waals surface area contributed by atoms with E-state index in [9.17, 15) is 8.42 Å². The molecule has 0 atom stereocenters. The smallest absolute Gasteiger partial charge is 0.240 e. The number of hydrogen-bond donors (Lipinski definition) is 1. The standard InChI is InChI=1S/C11H9N3O3S/c12-7-9-2-1-3-11(6-9)18(15,16)13-8-10-4-5-17-14-10/h1-6,13H,8H2. The van der Waals surface area contributed by atoms with Crippen LogP contribution in [-0.2, 0) is 16.6 Å². The van der Waals surface area contributed by atoms with Crippen molar-refractivity contribution in [1.82, 2.24) is 9.88 Å². The largest absolute Gasteiger partial charge is 0.364 e. The van der Waals surface area contributed by atoms with E-state index < -0.39 is 10.0 Å². The summed E-state index contributed by atoms with van der Waals surface area (Å²) in [5, 5.41) is 12.3. The lowest BCUT2D eigenvalue weighted by Crippen LogP contribution is -2.23. The lowest BCUT2D eigenvalue weighted by Gasteiger charge is -2.04. The third-order valence-electron chi connectivity index (χ3n) is 2.21. The minimum absolute atomic E-state index is 0.0373. The van der Waals surface area contributed by atoms with Gasteiger partial charge in [0.25, 0.3) is 0 Å². The van der Waals surface area contributed by atoms with Gasteiger partial charge in [0.2, 0.25) is 10.0 Å². The number of rotatable bonds is 4. The van der Waals surface area contributed by atoms with Crippen LogP contribution in [0.3, 0.4) is 0 Å². The van der Waals surface area contributed by atoms with Crippen LogP contribution in [0.5, 0.6) is 0 Å². The van der Waals surface area contributed by atoms with Gasteiger partial charge in [0.1, 0.15) is 6.26 Å². The number of hydrogen-bond acceptors (Lipinski definition) is 5. The van der Waals surface area contributed by atoms with Crippen LogP contribution in [-0.4, -0.2) is 13.6 Å². The topological polar surface area (TPSA) is 96.0 Å². The molecule has 0 bridgehead atoms. The predicted molar refractivity (Wildman–Crippen MR) is 61.7 cm³/mol. The maximum absolute atomic E-state index is 11.9. The fourth-order valence-electron chi connectivity index (χ4n) is 1.31. The van der Waals surface area contributed by atoms with E-state index in [1.165, 1.54) is 30.5 Å². The first-order chi connectivity index (χ1) is 8.62. The zero-order valence-electron chi connectivity index (χ0n) is 9.20. The molecule has 0 amide bonds. The highest BCUT2D eigenvalue weighted by molar-refractivity contribution is 7.89. The molecule has 18 heavy (non-hydrogen) atoms. The first-order valence-electron chi connectivity index (χ1n) is 5.01. The highest BCUT2D eigenvalue weighted by atomic mass is 32.2. The Bertz CT molecular complexity index is 672. The first-order valence-corrected chi connectivity index (χ1v) is 6.49. The minimum Gasteiger partial charge on any atom is -0.364 e. The van der Waals surface area contributed by atoms with Crippen molar-refractivity contribution in [3.05, 3.63) is 47.9 Å². The molecular formula is C11H9N3O3S. The second-order valence-electron chi connectivity index (χ2n) is 3.45. The Morgan fingerprint density at radius 2 is 2.22 bits per heavy atom. The van der Waals surface area contributed by atoms with E-state index in [0.29, 0.717) is 11.3 Å². The molecule has 0 aliphatic rings. The third-order valence-corrected chi connectivity index (χ3v) is 3.61. The Labute approximate surface area is 104 Å². The molecule has 0 fully saturated rings. The summed E-state index contributed by atoms with van der Waals surface area (Å²) < 4.78 is 30.8. The predicted octanol–water partition coefficient (Wildman–Crippen LogP) is 1.02. The van der Waals surface area contributed by atoms with Gasteiger partial charge in [0.05, 0.1) is 28.8 Å². The van der Waals surface area contributed by atoms with Gasteiger partial charge >= 0.3 is 0 Å². The molecule has 0 spiro atoms. The zero-order chi connectivity index (χ0) is 13.0. The third kappa shape index (κ3) is 2.74. The molecule has 1 aromatic heterocycles. The van der Waals surface area contributed by atoms with E-state index in [0.717, 1.165) is 0 Å². The van der Waals surface area contributed by atoms with Gasteiger partial charge in [0.15, 0.2) is 0 Å². The second-order valence-corrected chi connectivity index (χ2v) is 5.22.